The van der Waals surface area contributed by atoms with Gasteiger partial charge in [-0.25, -0.2) is 0 Å². The second-order valence-electron chi connectivity index (χ2n) is 4.52. The van der Waals surface area contributed by atoms with E-state index < -0.39 is 12.2 Å². The third-order valence-corrected chi connectivity index (χ3v) is 2.92. The van der Waals surface area contributed by atoms with Crippen LogP contribution in [0.2, 0.25) is 0 Å². The maximum Gasteiger partial charge on any atom is 0.102 e. The predicted molar refractivity (Wildman–Crippen MR) is 83.0 cm³/mol. The second-order valence-corrected chi connectivity index (χ2v) is 4.52. The number of benzene rings is 2. The third-order valence-electron chi connectivity index (χ3n) is 2.92. The van der Waals surface area contributed by atoms with Crippen LogP contribution < -0.4 is 0 Å². The summed E-state index contributed by atoms with van der Waals surface area (Å²) in [4.78, 5) is 0. The molecule has 0 amide bonds. The lowest BCUT2D eigenvalue weighted by molar-refractivity contribution is 0.0818. The highest BCUT2D eigenvalue weighted by Gasteiger charge is 2.08. The Morgan fingerprint density at radius 3 is 1.30 bits per heavy atom. The first kappa shape index (κ1) is 14.3. The van der Waals surface area contributed by atoms with Crippen molar-refractivity contribution in [3.63, 3.8) is 0 Å². The van der Waals surface area contributed by atoms with Crippen LogP contribution in [0.1, 0.15) is 11.1 Å². The normalized spacial score (nSPS) is 14.7. The van der Waals surface area contributed by atoms with Crippen LogP contribution in [0.3, 0.4) is 0 Å². The van der Waals surface area contributed by atoms with Gasteiger partial charge >= 0.3 is 0 Å². The summed E-state index contributed by atoms with van der Waals surface area (Å²) in [6, 6.07) is 19.3. The molecule has 0 aliphatic rings. The molecular formula is C18H18O2. The summed E-state index contributed by atoms with van der Waals surface area (Å²) in [6.07, 6.45) is 4.93. The van der Waals surface area contributed by atoms with Crippen LogP contribution in [0, 0.1) is 0 Å². The Labute approximate surface area is 119 Å². The van der Waals surface area contributed by atoms with Gasteiger partial charge in [0.1, 0.15) is 12.2 Å². The molecule has 0 fully saturated rings. The van der Waals surface area contributed by atoms with E-state index >= 15 is 0 Å². The maximum atomic E-state index is 9.87. The van der Waals surface area contributed by atoms with Crippen molar-refractivity contribution in [1.29, 1.82) is 0 Å². The fourth-order valence-electron chi connectivity index (χ4n) is 1.78. The molecule has 0 aliphatic carbocycles. The average Bonchev–Trinajstić information content (AvgIpc) is 2.52. The molecule has 0 aliphatic heterocycles. The third kappa shape index (κ3) is 4.50. The molecule has 2 atom stereocenters. The number of rotatable bonds is 5. The minimum absolute atomic E-state index is 0.921. The molecule has 0 bridgehead atoms. The average molecular weight is 266 g/mol. The van der Waals surface area contributed by atoms with E-state index in [4.69, 9.17) is 0 Å². The highest BCUT2D eigenvalue weighted by atomic mass is 16.3. The van der Waals surface area contributed by atoms with Crippen molar-refractivity contribution in [2.45, 2.75) is 12.2 Å². The van der Waals surface area contributed by atoms with E-state index in [0.29, 0.717) is 0 Å². The van der Waals surface area contributed by atoms with Crippen LogP contribution in [0.5, 0.6) is 0 Å². The minimum Gasteiger partial charge on any atom is -0.386 e. The molecule has 0 heterocycles. The van der Waals surface area contributed by atoms with Gasteiger partial charge in [-0.2, -0.15) is 0 Å². The fraction of sp³-hybridized carbons (Fsp3) is 0.111. The van der Waals surface area contributed by atoms with Gasteiger partial charge < -0.3 is 10.2 Å². The van der Waals surface area contributed by atoms with Crippen LogP contribution >= 0.6 is 0 Å². The quantitative estimate of drug-likeness (QED) is 0.873. The van der Waals surface area contributed by atoms with Gasteiger partial charge in [0.25, 0.3) is 0 Å². The Morgan fingerprint density at radius 2 is 0.950 bits per heavy atom. The van der Waals surface area contributed by atoms with Crippen molar-refractivity contribution in [2.24, 2.45) is 0 Å². The molecule has 102 valence electrons. The van der Waals surface area contributed by atoms with Crippen molar-refractivity contribution in [3.05, 3.63) is 83.9 Å². The van der Waals surface area contributed by atoms with Crippen LogP contribution in [0.25, 0.3) is 12.2 Å². The molecule has 20 heavy (non-hydrogen) atoms. The standard InChI is InChI=1S/C18H18O2/c19-17(13-11-15-7-3-1-4-8-15)18(20)14-12-16-9-5-2-6-10-16/h1-14,17-20H/b13-11-,14-12+/t17-,18+/m0/s1. The molecule has 0 aromatic heterocycles. The van der Waals surface area contributed by atoms with Crippen molar-refractivity contribution < 1.29 is 10.2 Å². The summed E-state index contributed by atoms with van der Waals surface area (Å²) >= 11 is 0. The smallest absolute Gasteiger partial charge is 0.102 e. The number of hydrogen-bond acceptors (Lipinski definition) is 2. The fourth-order valence-corrected chi connectivity index (χ4v) is 1.78. The van der Waals surface area contributed by atoms with E-state index in [9.17, 15) is 10.2 Å². The Morgan fingerprint density at radius 1 is 0.600 bits per heavy atom. The highest BCUT2D eigenvalue weighted by Crippen LogP contribution is 2.07. The van der Waals surface area contributed by atoms with Crippen molar-refractivity contribution in [2.75, 3.05) is 0 Å². The Kier molecular flexibility index (Phi) is 5.30. The van der Waals surface area contributed by atoms with Crippen LogP contribution in [0.15, 0.2) is 72.8 Å². The molecule has 2 N–H and O–H groups in total. The number of aliphatic hydroxyl groups excluding tert-OH is 2. The molecule has 0 saturated heterocycles. The zero-order valence-corrected chi connectivity index (χ0v) is 11.1. The monoisotopic (exact) mass is 266 g/mol. The molecule has 0 saturated carbocycles. The summed E-state index contributed by atoms with van der Waals surface area (Å²) in [5.74, 6) is 0. The van der Waals surface area contributed by atoms with Crippen LogP contribution in [-0.4, -0.2) is 22.4 Å². The van der Waals surface area contributed by atoms with E-state index in [0.717, 1.165) is 11.1 Å². The summed E-state index contributed by atoms with van der Waals surface area (Å²) in [7, 11) is 0. The van der Waals surface area contributed by atoms with E-state index in [1.165, 1.54) is 0 Å². The molecule has 2 aromatic carbocycles. The SMILES string of the molecule is O[C@H](/C=C/c1ccccc1)[C@@H](O)/C=C\c1ccccc1. The van der Waals surface area contributed by atoms with Gasteiger partial charge in [-0.1, -0.05) is 85.0 Å². The van der Waals surface area contributed by atoms with Gasteiger partial charge in [-0.3, -0.25) is 0 Å². The van der Waals surface area contributed by atoms with Crippen molar-refractivity contribution >= 4 is 12.2 Å². The zero-order chi connectivity index (χ0) is 14.2. The minimum atomic E-state index is -0.921. The van der Waals surface area contributed by atoms with Gasteiger partial charge in [0.2, 0.25) is 0 Å². The molecule has 2 nitrogen and oxygen atoms in total. The first-order valence-corrected chi connectivity index (χ1v) is 6.58. The first-order valence-electron chi connectivity index (χ1n) is 6.58. The Hall–Kier alpha value is -2.16. The van der Waals surface area contributed by atoms with Crippen molar-refractivity contribution in [3.8, 4) is 0 Å². The maximum absolute atomic E-state index is 9.87. The summed E-state index contributed by atoms with van der Waals surface area (Å²) in [6.45, 7) is 0. The second kappa shape index (κ2) is 7.43. The van der Waals surface area contributed by atoms with Crippen LogP contribution in [-0.2, 0) is 0 Å². The predicted octanol–water partition coefficient (Wildman–Crippen LogP) is 3.14. The molecule has 2 rings (SSSR count). The number of hydrogen-bond donors (Lipinski definition) is 2. The zero-order valence-electron chi connectivity index (χ0n) is 11.1. The summed E-state index contributed by atoms with van der Waals surface area (Å²) < 4.78 is 0. The van der Waals surface area contributed by atoms with Gasteiger partial charge in [-0.15, -0.1) is 0 Å². The largest absolute Gasteiger partial charge is 0.386 e. The molecule has 0 radical (unpaired) electrons. The highest BCUT2D eigenvalue weighted by molar-refractivity contribution is 5.51. The Bertz CT molecular complexity index is 505. The molecule has 0 unspecified atom stereocenters. The van der Waals surface area contributed by atoms with Gasteiger partial charge in [0, 0.05) is 0 Å². The number of aliphatic hydroxyl groups is 2. The van der Waals surface area contributed by atoms with E-state index in [1.807, 2.05) is 60.7 Å². The van der Waals surface area contributed by atoms with E-state index in [2.05, 4.69) is 0 Å². The molecule has 2 aromatic rings. The lowest BCUT2D eigenvalue weighted by Crippen LogP contribution is -2.20. The van der Waals surface area contributed by atoms with E-state index in [-0.39, 0.29) is 0 Å². The molecule has 2 heteroatoms. The van der Waals surface area contributed by atoms with Crippen LogP contribution in [0.4, 0.5) is 0 Å². The molecule has 0 spiro atoms. The van der Waals surface area contributed by atoms with Crippen molar-refractivity contribution in [1.82, 2.24) is 0 Å². The van der Waals surface area contributed by atoms with E-state index in [1.54, 1.807) is 24.3 Å². The Balaban J connectivity index is 1.94. The molecular weight excluding hydrogens is 248 g/mol. The lowest BCUT2D eigenvalue weighted by Gasteiger charge is -2.09. The van der Waals surface area contributed by atoms with Gasteiger partial charge in [0.05, 0.1) is 0 Å². The topological polar surface area (TPSA) is 40.5 Å². The van der Waals surface area contributed by atoms with Gasteiger partial charge in [-0.05, 0) is 11.1 Å². The van der Waals surface area contributed by atoms with Gasteiger partial charge in [0.15, 0.2) is 0 Å². The first-order chi connectivity index (χ1) is 9.75. The lowest BCUT2D eigenvalue weighted by atomic mass is 10.1. The summed E-state index contributed by atoms with van der Waals surface area (Å²) in [5.41, 5.74) is 1.98. The summed E-state index contributed by atoms with van der Waals surface area (Å²) in [5, 5.41) is 19.7.